The first-order valence-corrected chi connectivity index (χ1v) is 8.16. The number of rotatable bonds is 4. The topological polar surface area (TPSA) is 44.4 Å². The van der Waals surface area contributed by atoms with Crippen LogP contribution in [-0.2, 0) is 11.3 Å². The molecule has 2 fully saturated rings. The van der Waals surface area contributed by atoms with Crippen LogP contribution in [0.25, 0.3) is 0 Å². The lowest BCUT2D eigenvalue weighted by Crippen LogP contribution is -2.29. The molecule has 2 aliphatic rings. The lowest BCUT2D eigenvalue weighted by molar-refractivity contribution is -0.117. The first-order valence-electron chi connectivity index (χ1n) is 8.16. The van der Waals surface area contributed by atoms with Gasteiger partial charge in [-0.3, -0.25) is 4.79 Å². The molecule has 21 heavy (non-hydrogen) atoms. The number of carbonyl (C=O) groups is 1. The average molecular weight is 287 g/mol. The molecule has 1 amide bonds. The minimum atomic E-state index is 0.256. The van der Waals surface area contributed by atoms with E-state index in [4.69, 9.17) is 0 Å². The second-order valence-corrected chi connectivity index (χ2v) is 6.07. The van der Waals surface area contributed by atoms with Crippen LogP contribution in [0.15, 0.2) is 24.3 Å². The number of hydrogen-bond acceptors (Lipinski definition) is 3. The van der Waals surface area contributed by atoms with Crippen molar-refractivity contribution < 1.29 is 4.79 Å². The van der Waals surface area contributed by atoms with Crippen molar-refractivity contribution >= 4 is 11.6 Å². The minimum Gasteiger partial charge on any atom is -0.317 e. The van der Waals surface area contributed by atoms with E-state index in [1.54, 1.807) is 0 Å². The molecule has 0 radical (unpaired) electrons. The Bertz CT molecular complexity index is 463. The largest absolute Gasteiger partial charge is 0.317 e. The Morgan fingerprint density at radius 3 is 2.76 bits per heavy atom. The van der Waals surface area contributed by atoms with Gasteiger partial charge in [-0.05, 0) is 56.5 Å². The van der Waals surface area contributed by atoms with Crippen molar-refractivity contribution in [2.24, 2.45) is 0 Å². The third-order valence-electron chi connectivity index (χ3n) is 4.49. The molecule has 3 rings (SSSR count). The molecule has 2 N–H and O–H groups in total. The first kappa shape index (κ1) is 14.5. The van der Waals surface area contributed by atoms with Crippen molar-refractivity contribution in [3.63, 3.8) is 0 Å². The molecule has 1 atom stereocenters. The average Bonchev–Trinajstić information content (AvgIpc) is 2.78. The van der Waals surface area contributed by atoms with Gasteiger partial charge >= 0.3 is 0 Å². The van der Waals surface area contributed by atoms with Crippen LogP contribution in [0.2, 0.25) is 0 Å². The summed E-state index contributed by atoms with van der Waals surface area (Å²) in [7, 11) is 0. The summed E-state index contributed by atoms with van der Waals surface area (Å²) in [5.41, 5.74) is 2.34. The molecule has 4 nitrogen and oxygen atoms in total. The van der Waals surface area contributed by atoms with E-state index < -0.39 is 0 Å². The van der Waals surface area contributed by atoms with Crippen molar-refractivity contribution in [2.75, 3.05) is 24.5 Å². The van der Waals surface area contributed by atoms with Crippen LogP contribution in [0.5, 0.6) is 0 Å². The van der Waals surface area contributed by atoms with Gasteiger partial charge in [0.05, 0.1) is 0 Å². The summed E-state index contributed by atoms with van der Waals surface area (Å²) in [6.07, 6.45) is 5.40. The molecule has 2 heterocycles. The van der Waals surface area contributed by atoms with Gasteiger partial charge in [0.15, 0.2) is 0 Å². The quantitative estimate of drug-likeness (QED) is 0.891. The Morgan fingerprint density at radius 1 is 1.14 bits per heavy atom. The number of anilines is 1. The molecule has 0 aliphatic carbocycles. The third kappa shape index (κ3) is 3.83. The van der Waals surface area contributed by atoms with Crippen molar-refractivity contribution in [3.8, 4) is 0 Å². The number of nitrogens with one attached hydrogen (secondary N) is 2. The highest BCUT2D eigenvalue weighted by atomic mass is 16.2. The summed E-state index contributed by atoms with van der Waals surface area (Å²) in [6, 6.07) is 9.06. The fraction of sp³-hybridized carbons (Fsp3) is 0.588. The van der Waals surface area contributed by atoms with E-state index in [-0.39, 0.29) is 5.91 Å². The van der Waals surface area contributed by atoms with Gasteiger partial charge in [0.25, 0.3) is 0 Å². The maximum Gasteiger partial charge on any atom is 0.227 e. The standard InChI is InChI=1S/C17H25N3O/c21-17-4-2-12-20(17)16-7-5-14(6-8-16)13-19-15-3-1-10-18-11-9-15/h5-8,15,18-19H,1-4,9-13H2. The summed E-state index contributed by atoms with van der Waals surface area (Å²) in [6.45, 7) is 4.05. The molecule has 1 aromatic rings. The van der Waals surface area contributed by atoms with Gasteiger partial charge in [-0.2, -0.15) is 0 Å². The lowest BCUT2D eigenvalue weighted by Gasteiger charge is -2.18. The molecule has 1 unspecified atom stereocenters. The van der Waals surface area contributed by atoms with E-state index in [9.17, 15) is 4.79 Å². The SMILES string of the molecule is O=C1CCCN1c1ccc(CNC2CCCNCC2)cc1. The maximum atomic E-state index is 11.7. The normalized spacial score (nSPS) is 23.3. The van der Waals surface area contributed by atoms with Crippen LogP contribution in [0.3, 0.4) is 0 Å². The lowest BCUT2D eigenvalue weighted by atomic mass is 10.1. The smallest absolute Gasteiger partial charge is 0.227 e. The predicted molar refractivity (Wildman–Crippen MR) is 85.4 cm³/mol. The molecular weight excluding hydrogens is 262 g/mol. The Kier molecular flexibility index (Phi) is 4.88. The van der Waals surface area contributed by atoms with Crippen molar-refractivity contribution in [1.29, 1.82) is 0 Å². The molecule has 0 saturated carbocycles. The first-order chi connectivity index (χ1) is 10.3. The van der Waals surface area contributed by atoms with Crippen molar-refractivity contribution in [1.82, 2.24) is 10.6 Å². The Hall–Kier alpha value is -1.39. The Labute approximate surface area is 126 Å². The molecule has 114 valence electrons. The summed E-state index contributed by atoms with van der Waals surface area (Å²) in [5.74, 6) is 0.256. The highest BCUT2D eigenvalue weighted by Crippen LogP contribution is 2.21. The summed E-state index contributed by atoms with van der Waals surface area (Å²) in [5, 5.41) is 7.10. The minimum absolute atomic E-state index is 0.256. The van der Waals surface area contributed by atoms with Crippen LogP contribution < -0.4 is 15.5 Å². The van der Waals surface area contributed by atoms with Gasteiger partial charge < -0.3 is 15.5 Å². The van der Waals surface area contributed by atoms with E-state index in [0.29, 0.717) is 12.5 Å². The number of benzene rings is 1. The Morgan fingerprint density at radius 2 is 2.00 bits per heavy atom. The zero-order chi connectivity index (χ0) is 14.5. The van der Waals surface area contributed by atoms with Crippen molar-refractivity contribution in [3.05, 3.63) is 29.8 Å². The van der Waals surface area contributed by atoms with Crippen LogP contribution in [-0.4, -0.2) is 31.6 Å². The van der Waals surface area contributed by atoms with E-state index in [0.717, 1.165) is 38.3 Å². The molecule has 4 heteroatoms. The van der Waals surface area contributed by atoms with Gasteiger partial charge in [0.2, 0.25) is 5.91 Å². The molecule has 0 bridgehead atoms. The Balaban J connectivity index is 1.53. The molecule has 2 saturated heterocycles. The van der Waals surface area contributed by atoms with E-state index in [1.165, 1.54) is 24.8 Å². The van der Waals surface area contributed by atoms with Gasteiger partial charge in [0, 0.05) is 31.2 Å². The molecule has 0 spiro atoms. The van der Waals surface area contributed by atoms with E-state index >= 15 is 0 Å². The number of carbonyl (C=O) groups excluding carboxylic acids is 1. The molecule has 1 aromatic carbocycles. The van der Waals surface area contributed by atoms with E-state index in [1.807, 2.05) is 4.90 Å². The predicted octanol–water partition coefficient (Wildman–Crippen LogP) is 2.05. The summed E-state index contributed by atoms with van der Waals surface area (Å²) < 4.78 is 0. The monoisotopic (exact) mass is 287 g/mol. The maximum absolute atomic E-state index is 11.7. The van der Waals surface area contributed by atoms with Crippen LogP contribution >= 0.6 is 0 Å². The molecule has 0 aromatic heterocycles. The number of hydrogen-bond donors (Lipinski definition) is 2. The van der Waals surface area contributed by atoms with Crippen LogP contribution in [0, 0.1) is 0 Å². The number of amides is 1. The summed E-state index contributed by atoms with van der Waals surface area (Å²) >= 11 is 0. The van der Waals surface area contributed by atoms with Gasteiger partial charge in [0.1, 0.15) is 0 Å². The van der Waals surface area contributed by atoms with Gasteiger partial charge in [-0.1, -0.05) is 12.1 Å². The third-order valence-corrected chi connectivity index (χ3v) is 4.49. The fourth-order valence-corrected chi connectivity index (χ4v) is 3.20. The van der Waals surface area contributed by atoms with Crippen molar-refractivity contribution in [2.45, 2.75) is 44.7 Å². The highest BCUT2D eigenvalue weighted by molar-refractivity contribution is 5.95. The van der Waals surface area contributed by atoms with Crippen LogP contribution in [0.1, 0.15) is 37.7 Å². The van der Waals surface area contributed by atoms with Gasteiger partial charge in [-0.15, -0.1) is 0 Å². The zero-order valence-electron chi connectivity index (χ0n) is 12.6. The fourth-order valence-electron chi connectivity index (χ4n) is 3.20. The van der Waals surface area contributed by atoms with Crippen LogP contribution in [0.4, 0.5) is 5.69 Å². The second kappa shape index (κ2) is 7.05. The molecular formula is C17H25N3O. The van der Waals surface area contributed by atoms with Gasteiger partial charge in [-0.25, -0.2) is 0 Å². The highest BCUT2D eigenvalue weighted by Gasteiger charge is 2.21. The second-order valence-electron chi connectivity index (χ2n) is 6.07. The summed E-state index contributed by atoms with van der Waals surface area (Å²) in [4.78, 5) is 13.6. The van der Waals surface area contributed by atoms with E-state index in [2.05, 4.69) is 34.9 Å². The molecule has 2 aliphatic heterocycles. The zero-order valence-corrected chi connectivity index (χ0v) is 12.6. The number of nitrogens with zero attached hydrogens (tertiary/aromatic N) is 1.